The molecule has 110 valence electrons. The van der Waals surface area contributed by atoms with Crippen LogP contribution >= 0.6 is 0 Å². The van der Waals surface area contributed by atoms with Crippen LogP contribution in [-0.2, 0) is 12.6 Å². The van der Waals surface area contributed by atoms with E-state index in [-0.39, 0.29) is 0 Å². The minimum absolute atomic E-state index is 0.536. The second kappa shape index (κ2) is 5.17. The predicted molar refractivity (Wildman–Crippen MR) is 76.0 cm³/mol. The maximum absolute atomic E-state index is 12.6. The fourth-order valence-electron chi connectivity index (χ4n) is 2.50. The summed E-state index contributed by atoms with van der Waals surface area (Å²) in [5.41, 5.74) is 3.22. The highest BCUT2D eigenvalue weighted by Gasteiger charge is 2.30. The minimum Gasteiger partial charge on any atom is -0.252 e. The molecule has 0 spiro atoms. The molecule has 0 atom stereocenters. The number of aryl methyl sites for hydroxylation is 1. The second-order valence-electron chi connectivity index (χ2n) is 5.44. The van der Waals surface area contributed by atoms with Crippen LogP contribution in [0.2, 0.25) is 0 Å². The third kappa shape index (κ3) is 2.94. The van der Waals surface area contributed by atoms with Crippen molar-refractivity contribution in [2.75, 3.05) is 0 Å². The average molecular weight is 291 g/mol. The Hall–Kier alpha value is -1.84. The summed E-state index contributed by atoms with van der Waals surface area (Å²) in [7, 11) is 0. The van der Waals surface area contributed by atoms with Gasteiger partial charge in [-0.3, -0.25) is 4.98 Å². The summed E-state index contributed by atoms with van der Waals surface area (Å²) in [6, 6.07) is 9.16. The number of pyridine rings is 1. The lowest BCUT2D eigenvalue weighted by Gasteiger charge is -2.10. The number of nitrogens with zero attached hydrogens (tertiary/aromatic N) is 1. The fourth-order valence-corrected chi connectivity index (χ4v) is 2.50. The van der Waals surface area contributed by atoms with Gasteiger partial charge in [-0.05, 0) is 43.0 Å². The summed E-state index contributed by atoms with van der Waals surface area (Å²) in [6.07, 6.45) is -1.03. The van der Waals surface area contributed by atoms with Crippen molar-refractivity contribution in [3.63, 3.8) is 0 Å². The van der Waals surface area contributed by atoms with E-state index < -0.39 is 11.7 Å². The van der Waals surface area contributed by atoms with E-state index in [1.807, 2.05) is 12.1 Å². The van der Waals surface area contributed by atoms with Gasteiger partial charge in [0.05, 0.1) is 11.3 Å². The summed E-state index contributed by atoms with van der Waals surface area (Å²) >= 11 is 0. The van der Waals surface area contributed by atoms with Crippen LogP contribution in [0.1, 0.15) is 42.5 Å². The summed E-state index contributed by atoms with van der Waals surface area (Å²) in [5, 5.41) is 0. The number of hydrogen-bond acceptors (Lipinski definition) is 1. The van der Waals surface area contributed by atoms with Gasteiger partial charge < -0.3 is 0 Å². The zero-order chi connectivity index (χ0) is 15.0. The largest absolute Gasteiger partial charge is 0.416 e. The molecule has 0 bridgehead atoms. The number of hydrogen-bond donors (Lipinski definition) is 0. The first-order valence-electron chi connectivity index (χ1n) is 7.16. The Labute approximate surface area is 121 Å². The van der Waals surface area contributed by atoms with Crippen LogP contribution in [-0.4, -0.2) is 4.98 Å². The van der Waals surface area contributed by atoms with Crippen molar-refractivity contribution in [2.45, 2.75) is 38.3 Å². The molecule has 0 unspecified atom stereocenters. The Kier molecular flexibility index (Phi) is 3.47. The van der Waals surface area contributed by atoms with Gasteiger partial charge in [-0.2, -0.15) is 13.2 Å². The fraction of sp³-hybridized carbons (Fsp3) is 0.353. The predicted octanol–water partition coefficient (Wildman–Crippen LogP) is 5.21. The smallest absolute Gasteiger partial charge is 0.252 e. The summed E-state index contributed by atoms with van der Waals surface area (Å²) in [6.45, 7) is 2.10. The topological polar surface area (TPSA) is 12.9 Å². The van der Waals surface area contributed by atoms with E-state index in [4.69, 9.17) is 0 Å². The molecule has 21 heavy (non-hydrogen) atoms. The molecule has 1 heterocycles. The van der Waals surface area contributed by atoms with E-state index in [0.717, 1.165) is 48.3 Å². The average Bonchev–Trinajstić information content (AvgIpc) is 3.30. The van der Waals surface area contributed by atoms with Crippen LogP contribution in [0.3, 0.4) is 0 Å². The Balaban J connectivity index is 1.95. The normalized spacial score (nSPS) is 15.2. The molecule has 0 aliphatic heterocycles. The van der Waals surface area contributed by atoms with Gasteiger partial charge in [-0.15, -0.1) is 0 Å². The Morgan fingerprint density at radius 2 is 1.71 bits per heavy atom. The first-order chi connectivity index (χ1) is 9.99. The number of alkyl halides is 3. The zero-order valence-electron chi connectivity index (χ0n) is 11.7. The Morgan fingerprint density at radius 3 is 2.24 bits per heavy atom. The highest BCUT2D eigenvalue weighted by Crippen LogP contribution is 2.41. The van der Waals surface area contributed by atoms with Crippen molar-refractivity contribution in [3.8, 4) is 11.3 Å². The highest BCUT2D eigenvalue weighted by atomic mass is 19.4. The van der Waals surface area contributed by atoms with Crippen molar-refractivity contribution in [3.05, 3.63) is 53.2 Å². The molecule has 3 rings (SSSR count). The maximum atomic E-state index is 12.6. The Bertz CT molecular complexity index is 640. The lowest BCUT2D eigenvalue weighted by atomic mass is 10.0. The van der Waals surface area contributed by atoms with E-state index >= 15 is 0 Å². The molecule has 0 saturated heterocycles. The van der Waals surface area contributed by atoms with Gasteiger partial charge in [0, 0.05) is 17.2 Å². The molecule has 0 N–H and O–H groups in total. The molecular formula is C17H16F3N. The van der Waals surface area contributed by atoms with Gasteiger partial charge in [0.2, 0.25) is 0 Å². The van der Waals surface area contributed by atoms with Crippen LogP contribution in [0.4, 0.5) is 13.2 Å². The van der Waals surface area contributed by atoms with Crippen LogP contribution in [0.5, 0.6) is 0 Å². The second-order valence-corrected chi connectivity index (χ2v) is 5.44. The van der Waals surface area contributed by atoms with E-state index in [9.17, 15) is 13.2 Å². The third-order valence-corrected chi connectivity index (χ3v) is 3.87. The monoisotopic (exact) mass is 291 g/mol. The third-order valence-electron chi connectivity index (χ3n) is 3.87. The lowest BCUT2D eigenvalue weighted by Crippen LogP contribution is -2.04. The molecule has 1 aliphatic carbocycles. The number of halogens is 3. The molecule has 1 nitrogen and oxygen atoms in total. The molecule has 4 heteroatoms. The molecule has 1 aliphatic rings. The van der Waals surface area contributed by atoms with Crippen LogP contribution < -0.4 is 0 Å². The van der Waals surface area contributed by atoms with Gasteiger partial charge in [-0.1, -0.05) is 25.1 Å². The van der Waals surface area contributed by atoms with Crippen molar-refractivity contribution in [1.82, 2.24) is 4.98 Å². The van der Waals surface area contributed by atoms with E-state index in [1.54, 1.807) is 0 Å². The molecule has 2 aromatic rings. The minimum atomic E-state index is -4.29. The molecule has 1 fully saturated rings. The van der Waals surface area contributed by atoms with E-state index in [1.165, 1.54) is 17.7 Å². The van der Waals surface area contributed by atoms with Crippen LogP contribution in [0.25, 0.3) is 11.3 Å². The number of rotatable bonds is 3. The van der Waals surface area contributed by atoms with Crippen molar-refractivity contribution in [2.24, 2.45) is 0 Å². The molecule has 1 aromatic heterocycles. The van der Waals surface area contributed by atoms with E-state index in [2.05, 4.69) is 11.9 Å². The summed E-state index contributed by atoms with van der Waals surface area (Å²) in [4.78, 5) is 4.69. The quantitative estimate of drug-likeness (QED) is 0.756. The van der Waals surface area contributed by atoms with Gasteiger partial charge in [0.15, 0.2) is 0 Å². The van der Waals surface area contributed by atoms with Gasteiger partial charge in [0.25, 0.3) is 0 Å². The molecule has 0 radical (unpaired) electrons. The molecule has 1 saturated carbocycles. The van der Waals surface area contributed by atoms with Crippen molar-refractivity contribution in [1.29, 1.82) is 0 Å². The van der Waals surface area contributed by atoms with Crippen molar-refractivity contribution >= 4 is 0 Å². The van der Waals surface area contributed by atoms with Crippen molar-refractivity contribution < 1.29 is 13.2 Å². The summed E-state index contributed by atoms with van der Waals surface area (Å²) < 4.78 is 37.8. The van der Waals surface area contributed by atoms with Gasteiger partial charge >= 0.3 is 6.18 Å². The number of aromatic nitrogens is 1. The maximum Gasteiger partial charge on any atom is 0.416 e. The van der Waals surface area contributed by atoms with Crippen LogP contribution in [0, 0.1) is 0 Å². The molecular weight excluding hydrogens is 275 g/mol. The summed E-state index contributed by atoms with van der Waals surface area (Å²) in [5.74, 6) is 0.536. The molecule has 1 aromatic carbocycles. The first kappa shape index (κ1) is 14.1. The Morgan fingerprint density at radius 1 is 1.05 bits per heavy atom. The molecule has 0 amide bonds. The van der Waals surface area contributed by atoms with E-state index in [0.29, 0.717) is 5.92 Å². The van der Waals surface area contributed by atoms with Crippen LogP contribution in [0.15, 0.2) is 36.4 Å². The van der Waals surface area contributed by atoms with Gasteiger partial charge in [-0.25, -0.2) is 0 Å². The van der Waals surface area contributed by atoms with Gasteiger partial charge in [0.1, 0.15) is 0 Å². The number of benzene rings is 1. The highest BCUT2D eigenvalue weighted by molar-refractivity contribution is 5.60. The zero-order valence-corrected chi connectivity index (χ0v) is 11.7. The standard InChI is InChI=1S/C17H16F3N/c1-2-11-7-10-15(21-16(11)13-3-4-13)12-5-8-14(9-6-12)17(18,19)20/h5-10,13H,2-4H2,1H3. The SMILES string of the molecule is CCc1ccc(-c2ccc(C(F)(F)F)cc2)nc1C1CC1. The first-order valence-corrected chi connectivity index (χ1v) is 7.16. The lowest BCUT2D eigenvalue weighted by molar-refractivity contribution is -0.137.